The summed E-state index contributed by atoms with van der Waals surface area (Å²) in [4.78, 5) is 26.5. The molecule has 0 unspecified atom stereocenters. The van der Waals surface area contributed by atoms with Crippen molar-refractivity contribution in [1.29, 1.82) is 0 Å². The number of carbonyl (C=O) groups is 2. The Bertz CT molecular complexity index is 480. The summed E-state index contributed by atoms with van der Waals surface area (Å²) < 4.78 is 31.5. The van der Waals surface area contributed by atoms with Crippen molar-refractivity contribution in [3.05, 3.63) is 35.9 Å². The van der Waals surface area contributed by atoms with E-state index in [-0.39, 0.29) is 13.0 Å². The molecule has 0 bridgehead atoms. The largest absolute Gasteiger partial charge is 0.443 e. The maximum Gasteiger partial charge on any atom is 0.441 e. The lowest BCUT2D eigenvalue weighted by Crippen LogP contribution is -2.37. The predicted molar refractivity (Wildman–Crippen MR) is 74.9 cm³/mol. The highest BCUT2D eigenvalue weighted by Crippen LogP contribution is 2.23. The number of hydrogen-bond acceptors (Lipinski definition) is 4. The molecule has 0 fully saturated rings. The van der Waals surface area contributed by atoms with E-state index in [9.17, 15) is 18.4 Å². The van der Waals surface area contributed by atoms with Crippen LogP contribution in [0.3, 0.4) is 0 Å². The van der Waals surface area contributed by atoms with Gasteiger partial charge in [-0.3, -0.25) is 0 Å². The van der Waals surface area contributed by atoms with Crippen molar-refractivity contribution >= 4 is 12.1 Å². The van der Waals surface area contributed by atoms with Gasteiger partial charge in [-0.2, -0.15) is 8.78 Å². The van der Waals surface area contributed by atoms with Crippen molar-refractivity contribution in [3.8, 4) is 0 Å². The Balaban J connectivity index is 2.29. The highest BCUT2D eigenvalue weighted by molar-refractivity contribution is 5.79. The number of halogens is 2. The topological polar surface area (TPSA) is 64.6 Å². The number of alkyl halides is 2. The fourth-order valence-electron chi connectivity index (χ4n) is 1.61. The first-order chi connectivity index (χ1) is 10.5. The molecule has 1 aromatic rings. The van der Waals surface area contributed by atoms with Gasteiger partial charge in [0.25, 0.3) is 0 Å². The van der Waals surface area contributed by atoms with E-state index in [0.717, 1.165) is 6.42 Å². The Labute approximate surface area is 127 Å². The molecule has 5 nitrogen and oxygen atoms in total. The van der Waals surface area contributed by atoms with Crippen molar-refractivity contribution in [1.82, 2.24) is 5.48 Å². The summed E-state index contributed by atoms with van der Waals surface area (Å²) in [6, 6.07) is 8.76. The fourth-order valence-corrected chi connectivity index (χ4v) is 1.61. The van der Waals surface area contributed by atoms with Crippen LogP contribution in [0.4, 0.5) is 13.6 Å². The van der Waals surface area contributed by atoms with Gasteiger partial charge in [-0.05, 0) is 12.0 Å². The predicted octanol–water partition coefficient (Wildman–Crippen LogP) is 3.59. The third kappa shape index (κ3) is 6.51. The van der Waals surface area contributed by atoms with E-state index in [1.54, 1.807) is 35.8 Å². The van der Waals surface area contributed by atoms with Gasteiger partial charge in [-0.1, -0.05) is 50.1 Å². The standard InChI is InChI=1S/C15H19F2NO4/c1-2-3-7-10-15(16,17)13(19)22-18-14(20)21-11-12-8-5-4-6-9-12/h4-6,8-9H,2-3,7,10-11H2,1H3,(H,18,20). The Morgan fingerprint density at radius 1 is 1.18 bits per heavy atom. The van der Waals surface area contributed by atoms with Crippen LogP contribution < -0.4 is 5.48 Å². The zero-order valence-corrected chi connectivity index (χ0v) is 12.3. The molecule has 0 aliphatic rings. The lowest BCUT2D eigenvalue weighted by molar-refractivity contribution is -0.179. The molecule has 22 heavy (non-hydrogen) atoms. The maximum absolute atomic E-state index is 13.4. The van der Waals surface area contributed by atoms with E-state index in [1.807, 2.05) is 6.92 Å². The summed E-state index contributed by atoms with van der Waals surface area (Å²) in [6.45, 7) is 1.80. The second-order valence-corrected chi connectivity index (χ2v) is 4.71. The van der Waals surface area contributed by atoms with Gasteiger partial charge < -0.3 is 9.57 Å². The summed E-state index contributed by atoms with van der Waals surface area (Å²) >= 11 is 0. The zero-order valence-electron chi connectivity index (χ0n) is 12.3. The van der Waals surface area contributed by atoms with Crippen molar-refractivity contribution in [3.63, 3.8) is 0 Å². The first-order valence-corrected chi connectivity index (χ1v) is 7.01. The van der Waals surface area contributed by atoms with Gasteiger partial charge in [-0.25, -0.2) is 9.59 Å². The Hall–Kier alpha value is -2.18. The Kier molecular flexibility index (Phi) is 7.28. The molecular formula is C15H19F2NO4. The third-order valence-corrected chi connectivity index (χ3v) is 2.83. The van der Waals surface area contributed by atoms with Crippen LogP contribution in [-0.4, -0.2) is 18.0 Å². The van der Waals surface area contributed by atoms with Crippen LogP contribution in [-0.2, 0) is 21.0 Å². The minimum absolute atomic E-state index is 0.0584. The molecule has 1 aromatic carbocycles. The number of rotatable bonds is 7. The van der Waals surface area contributed by atoms with Gasteiger partial charge >= 0.3 is 18.0 Å². The lowest BCUT2D eigenvalue weighted by atomic mass is 10.1. The summed E-state index contributed by atoms with van der Waals surface area (Å²) in [6.07, 6.45) is -0.163. The van der Waals surface area contributed by atoms with Gasteiger partial charge in [0.15, 0.2) is 0 Å². The molecule has 7 heteroatoms. The van der Waals surface area contributed by atoms with Gasteiger partial charge in [0.05, 0.1) is 0 Å². The van der Waals surface area contributed by atoms with Crippen LogP contribution >= 0.6 is 0 Å². The number of benzene rings is 1. The number of hydroxylamine groups is 1. The molecule has 0 aliphatic carbocycles. The van der Waals surface area contributed by atoms with Crippen LogP contribution in [0.1, 0.15) is 38.2 Å². The van der Waals surface area contributed by atoms with Crippen molar-refractivity contribution in [2.24, 2.45) is 0 Å². The molecule has 0 atom stereocenters. The molecule has 1 amide bonds. The number of unbranched alkanes of at least 4 members (excludes halogenated alkanes) is 2. The van der Waals surface area contributed by atoms with Crippen LogP contribution in [0.15, 0.2) is 30.3 Å². The quantitative estimate of drug-likeness (QED) is 0.617. The molecule has 1 rings (SSSR count). The van der Waals surface area contributed by atoms with E-state index in [4.69, 9.17) is 4.74 Å². The van der Waals surface area contributed by atoms with E-state index in [0.29, 0.717) is 12.0 Å². The van der Waals surface area contributed by atoms with Crippen LogP contribution in [0.2, 0.25) is 0 Å². The monoisotopic (exact) mass is 315 g/mol. The average Bonchev–Trinajstić information content (AvgIpc) is 2.51. The first-order valence-electron chi connectivity index (χ1n) is 7.01. The molecular weight excluding hydrogens is 296 g/mol. The van der Waals surface area contributed by atoms with Gasteiger partial charge in [0.1, 0.15) is 6.61 Å². The van der Waals surface area contributed by atoms with E-state index < -0.39 is 24.4 Å². The molecule has 0 saturated heterocycles. The summed E-state index contributed by atoms with van der Waals surface area (Å²) in [5, 5.41) is 0. The van der Waals surface area contributed by atoms with Crippen LogP contribution in [0.5, 0.6) is 0 Å². The number of amides is 1. The average molecular weight is 315 g/mol. The van der Waals surface area contributed by atoms with Crippen LogP contribution in [0.25, 0.3) is 0 Å². The maximum atomic E-state index is 13.4. The molecule has 0 saturated carbocycles. The third-order valence-electron chi connectivity index (χ3n) is 2.83. The van der Waals surface area contributed by atoms with Gasteiger partial charge in [0.2, 0.25) is 0 Å². The molecule has 122 valence electrons. The molecule has 0 radical (unpaired) electrons. The van der Waals surface area contributed by atoms with E-state index in [2.05, 4.69) is 4.84 Å². The number of hydrogen-bond donors (Lipinski definition) is 1. The Morgan fingerprint density at radius 2 is 1.86 bits per heavy atom. The summed E-state index contributed by atoms with van der Waals surface area (Å²) in [5.74, 6) is -5.41. The van der Waals surface area contributed by atoms with Gasteiger partial charge in [0, 0.05) is 6.42 Å². The molecule has 1 N–H and O–H groups in total. The number of carbonyl (C=O) groups excluding carboxylic acids is 2. The fraction of sp³-hybridized carbons (Fsp3) is 0.467. The lowest BCUT2D eigenvalue weighted by Gasteiger charge is -2.14. The second-order valence-electron chi connectivity index (χ2n) is 4.71. The minimum Gasteiger partial charge on any atom is -0.443 e. The molecule has 0 heterocycles. The molecule has 0 aromatic heterocycles. The summed E-state index contributed by atoms with van der Waals surface area (Å²) in [5.41, 5.74) is 2.28. The second kappa shape index (κ2) is 8.96. The van der Waals surface area contributed by atoms with E-state index in [1.165, 1.54) is 0 Å². The smallest absolute Gasteiger partial charge is 0.441 e. The summed E-state index contributed by atoms with van der Waals surface area (Å²) in [7, 11) is 0. The highest BCUT2D eigenvalue weighted by Gasteiger charge is 2.40. The van der Waals surface area contributed by atoms with E-state index >= 15 is 0 Å². The number of nitrogens with one attached hydrogen (secondary N) is 1. The van der Waals surface area contributed by atoms with Gasteiger partial charge in [-0.15, -0.1) is 5.48 Å². The van der Waals surface area contributed by atoms with Crippen LogP contribution in [0, 0.1) is 0 Å². The zero-order chi connectivity index (χ0) is 16.4. The van der Waals surface area contributed by atoms with Crippen molar-refractivity contribution in [2.75, 3.05) is 0 Å². The van der Waals surface area contributed by atoms with Crippen molar-refractivity contribution < 1.29 is 27.9 Å². The Morgan fingerprint density at radius 3 is 2.50 bits per heavy atom. The SMILES string of the molecule is CCCCCC(F)(F)C(=O)ONC(=O)OCc1ccccc1. The van der Waals surface area contributed by atoms with Crippen molar-refractivity contribution in [2.45, 2.75) is 45.1 Å². The molecule has 0 spiro atoms. The number of ether oxygens (including phenoxy) is 1. The first kappa shape index (κ1) is 17.9. The highest BCUT2D eigenvalue weighted by atomic mass is 19.3. The minimum atomic E-state index is -3.62. The normalized spacial score (nSPS) is 10.9. The molecule has 0 aliphatic heterocycles.